The van der Waals surface area contributed by atoms with Crippen molar-refractivity contribution in [2.24, 2.45) is 0 Å². The van der Waals surface area contributed by atoms with Crippen LogP contribution in [0.4, 0.5) is 0 Å². The lowest BCUT2D eigenvalue weighted by atomic mass is 9.85. The van der Waals surface area contributed by atoms with Gasteiger partial charge in [0, 0.05) is 31.2 Å². The van der Waals surface area contributed by atoms with E-state index in [1.807, 2.05) is 0 Å². The summed E-state index contributed by atoms with van der Waals surface area (Å²) in [6, 6.07) is 19.7. The van der Waals surface area contributed by atoms with E-state index < -0.39 is 0 Å². The van der Waals surface area contributed by atoms with Crippen LogP contribution in [0.1, 0.15) is 51.0 Å². The first-order valence-electron chi connectivity index (χ1n) is 17.0. The highest BCUT2D eigenvalue weighted by atomic mass is 16.6. The van der Waals surface area contributed by atoms with Crippen LogP contribution in [0.5, 0.6) is 46.0 Å². The number of likely N-dealkylation sites (N-methyl/N-ethyl adjacent to an activating group) is 2. The van der Waals surface area contributed by atoms with Crippen molar-refractivity contribution in [1.82, 2.24) is 0 Å². The maximum absolute atomic E-state index is 6.96. The Morgan fingerprint density at radius 1 is 0.604 bits per heavy atom. The molecule has 2 atom stereocenters. The number of hydrogen-bond acceptors (Lipinski definition) is 6. The first-order valence-corrected chi connectivity index (χ1v) is 17.0. The minimum atomic E-state index is 0.109. The molecule has 7 aliphatic rings. The Balaban J connectivity index is 1.36. The number of hydrogen-bond donors (Lipinski definition) is 0. The maximum atomic E-state index is 6.96. The second kappa shape index (κ2) is 11.3. The molecule has 4 aromatic rings. The molecule has 8 nitrogen and oxygen atoms in total. The van der Waals surface area contributed by atoms with E-state index in [4.69, 9.17) is 28.4 Å². The van der Waals surface area contributed by atoms with Gasteiger partial charge in [0.1, 0.15) is 30.2 Å². The van der Waals surface area contributed by atoms with Gasteiger partial charge in [0.05, 0.1) is 73.7 Å². The van der Waals surface area contributed by atoms with Gasteiger partial charge in [0.2, 0.25) is 11.5 Å². The van der Waals surface area contributed by atoms with Crippen molar-refractivity contribution in [3.8, 4) is 46.0 Å². The van der Waals surface area contributed by atoms with Crippen LogP contribution in [-0.2, 0) is 32.3 Å². The number of ether oxygens (including phenoxy) is 6. The van der Waals surface area contributed by atoms with Gasteiger partial charge in [-0.2, -0.15) is 0 Å². The third-order valence-corrected chi connectivity index (χ3v) is 11.3. The largest absolute Gasteiger partial charge is 0.493 e. The topological polar surface area (TPSA) is 55.4 Å². The van der Waals surface area contributed by atoms with Gasteiger partial charge in [-0.1, -0.05) is 18.2 Å². The first kappa shape index (κ1) is 30.9. The molecule has 7 heterocycles. The number of rotatable bonds is 3. The third kappa shape index (κ3) is 4.96. The zero-order valence-electron chi connectivity index (χ0n) is 29.1. The lowest BCUT2D eigenvalue weighted by Crippen LogP contribution is -2.48. The van der Waals surface area contributed by atoms with E-state index in [2.05, 4.69) is 82.8 Å². The monoisotopic (exact) mass is 650 g/mol. The molecule has 6 bridgehead atoms. The molecule has 8 heteroatoms. The molecule has 0 saturated heterocycles. The van der Waals surface area contributed by atoms with Crippen molar-refractivity contribution < 1.29 is 37.4 Å². The lowest BCUT2D eigenvalue weighted by molar-refractivity contribution is -0.923. The van der Waals surface area contributed by atoms with E-state index in [1.165, 1.54) is 33.4 Å². The van der Waals surface area contributed by atoms with Crippen LogP contribution in [0.2, 0.25) is 0 Å². The van der Waals surface area contributed by atoms with Gasteiger partial charge >= 0.3 is 0 Å². The van der Waals surface area contributed by atoms with Crippen molar-refractivity contribution in [1.29, 1.82) is 0 Å². The van der Waals surface area contributed by atoms with Crippen LogP contribution >= 0.6 is 0 Å². The summed E-state index contributed by atoms with van der Waals surface area (Å²) in [4.78, 5) is 0. The van der Waals surface area contributed by atoms with E-state index in [-0.39, 0.29) is 12.1 Å². The highest BCUT2D eigenvalue weighted by Crippen LogP contribution is 2.54. The van der Waals surface area contributed by atoms with Crippen molar-refractivity contribution in [2.45, 2.75) is 44.4 Å². The minimum Gasteiger partial charge on any atom is -0.493 e. The fourth-order valence-corrected chi connectivity index (χ4v) is 8.36. The number of methoxy groups -OCH3 is 3. The molecule has 0 saturated carbocycles. The predicted molar refractivity (Wildman–Crippen MR) is 184 cm³/mol. The average Bonchev–Trinajstić information content (AvgIpc) is 3.26. The standard InChI is InChI=1S/C40H46N2O6/c1-41(2)16-15-27-22-34(44-6)38-40-36(27)30(41)19-24-8-11-29(12-9-24)47-39-35-26(21-33(43-5)37(39)45-7)14-17-42(3,4)31(35)20-25-10-13-32(48-40)28(18-25)23-46-38/h8-13,18,21-22,30-31H,14-17,19-20,23H2,1-7H3/q+2/t30-,31-/m1/s1. The molecular weight excluding hydrogens is 604 g/mol. The van der Waals surface area contributed by atoms with Crippen LogP contribution in [0, 0.1) is 0 Å². The second-order valence-electron chi connectivity index (χ2n) is 14.8. The average molecular weight is 651 g/mol. The molecule has 48 heavy (non-hydrogen) atoms. The summed E-state index contributed by atoms with van der Waals surface area (Å²) in [7, 11) is 14.4. The van der Waals surface area contributed by atoms with Gasteiger partial charge in [-0.25, -0.2) is 0 Å². The zero-order valence-corrected chi connectivity index (χ0v) is 29.1. The summed E-state index contributed by atoms with van der Waals surface area (Å²) in [5.41, 5.74) is 8.35. The van der Waals surface area contributed by atoms with Gasteiger partial charge in [0.15, 0.2) is 23.0 Å². The lowest BCUT2D eigenvalue weighted by Gasteiger charge is -2.44. The molecule has 0 aromatic heterocycles. The first-order chi connectivity index (χ1) is 23.1. The fourth-order valence-electron chi connectivity index (χ4n) is 8.36. The number of nitrogens with zero attached hydrogens (tertiary/aromatic N) is 2. The Labute approximate surface area is 283 Å². The Morgan fingerprint density at radius 2 is 1.21 bits per heavy atom. The maximum Gasteiger partial charge on any atom is 0.205 e. The Bertz CT molecular complexity index is 1910. The SMILES string of the molecule is COc1cc2c3c(c1OC)Oc1ccc(cc1)C[C@@H]1c4c(cc(OC)c5c4Oc4ccc(cc4CO5)C[C@H]3[N+](C)(C)CC2)CC[N+]1(C)C. The smallest absolute Gasteiger partial charge is 0.205 e. The van der Waals surface area contributed by atoms with Crippen LogP contribution < -0.4 is 28.4 Å². The van der Waals surface area contributed by atoms with Crippen LogP contribution in [0.15, 0.2) is 54.6 Å². The van der Waals surface area contributed by atoms with Gasteiger partial charge < -0.3 is 37.4 Å². The van der Waals surface area contributed by atoms with Gasteiger partial charge in [0.25, 0.3) is 0 Å². The van der Waals surface area contributed by atoms with E-state index >= 15 is 0 Å². The third-order valence-electron chi connectivity index (χ3n) is 11.3. The Morgan fingerprint density at radius 3 is 1.85 bits per heavy atom. The highest BCUT2D eigenvalue weighted by Gasteiger charge is 2.43. The fraction of sp³-hybridized carbons (Fsp3) is 0.400. The van der Waals surface area contributed by atoms with E-state index in [9.17, 15) is 0 Å². The van der Waals surface area contributed by atoms with Crippen molar-refractivity contribution >= 4 is 0 Å². The molecule has 0 spiro atoms. The molecule has 0 fully saturated rings. The highest BCUT2D eigenvalue weighted by molar-refractivity contribution is 5.64. The van der Waals surface area contributed by atoms with Crippen LogP contribution in [0.25, 0.3) is 0 Å². The number of quaternary nitrogens is 2. The molecule has 0 unspecified atom stereocenters. The van der Waals surface area contributed by atoms with Crippen molar-refractivity contribution in [3.63, 3.8) is 0 Å². The van der Waals surface area contributed by atoms with Crippen molar-refractivity contribution in [2.75, 3.05) is 62.6 Å². The summed E-state index contributed by atoms with van der Waals surface area (Å²) in [6.07, 6.45) is 3.49. The summed E-state index contributed by atoms with van der Waals surface area (Å²) in [6.45, 7) is 2.40. The Kier molecular flexibility index (Phi) is 7.31. The molecule has 11 rings (SSSR count). The number of benzene rings is 4. The van der Waals surface area contributed by atoms with Crippen LogP contribution in [-0.4, -0.2) is 71.6 Å². The predicted octanol–water partition coefficient (Wildman–Crippen LogP) is 7.34. The van der Waals surface area contributed by atoms with E-state index in [0.717, 1.165) is 82.0 Å². The van der Waals surface area contributed by atoms with Crippen LogP contribution in [0.3, 0.4) is 0 Å². The zero-order chi connectivity index (χ0) is 33.4. The molecular formula is C40H46N2O6+2. The van der Waals surface area contributed by atoms with Gasteiger partial charge in [-0.15, -0.1) is 0 Å². The minimum absolute atomic E-state index is 0.109. The molecule has 0 N–H and O–H groups in total. The molecule has 250 valence electrons. The molecule has 7 aliphatic heterocycles. The van der Waals surface area contributed by atoms with E-state index in [0.29, 0.717) is 23.9 Å². The summed E-state index contributed by atoms with van der Waals surface area (Å²) < 4.78 is 40.0. The molecule has 0 aliphatic carbocycles. The quantitative estimate of drug-likeness (QED) is 0.217. The molecule has 0 amide bonds. The molecule has 0 radical (unpaired) electrons. The summed E-state index contributed by atoms with van der Waals surface area (Å²) in [5, 5.41) is 0. The summed E-state index contributed by atoms with van der Waals surface area (Å²) in [5.74, 6) is 5.86. The normalized spacial score (nSPS) is 21.1. The summed E-state index contributed by atoms with van der Waals surface area (Å²) >= 11 is 0. The Hall–Kier alpha value is -4.40. The van der Waals surface area contributed by atoms with E-state index in [1.54, 1.807) is 21.3 Å². The van der Waals surface area contributed by atoms with Crippen molar-refractivity contribution in [3.05, 3.63) is 93.5 Å². The van der Waals surface area contributed by atoms with Gasteiger partial charge in [-0.05, 0) is 58.7 Å². The second-order valence-corrected chi connectivity index (χ2v) is 14.8. The molecule has 4 aromatic carbocycles. The van der Waals surface area contributed by atoms with Gasteiger partial charge in [-0.3, -0.25) is 0 Å².